The summed E-state index contributed by atoms with van der Waals surface area (Å²) in [7, 11) is 0. The summed E-state index contributed by atoms with van der Waals surface area (Å²) >= 11 is 0. The van der Waals surface area contributed by atoms with Crippen molar-refractivity contribution in [1.29, 1.82) is 10.5 Å². The number of fused-ring (bicyclic) bond motifs is 1. The van der Waals surface area contributed by atoms with Gasteiger partial charge in [0.05, 0.1) is 12.1 Å². The second-order valence-electron chi connectivity index (χ2n) is 3.75. The molecule has 0 atom stereocenters. The molecule has 1 aliphatic carbocycles. The van der Waals surface area contributed by atoms with Gasteiger partial charge in [0.2, 0.25) is 0 Å². The number of benzene rings is 1. The Bertz CT molecular complexity index is 562. The molecule has 0 saturated heterocycles. The largest absolute Gasteiger partial charge is 0.504 e. The molecular formula is C12H8N2O2. The smallest absolute Gasteiger partial charge is 0.190 e. The molecule has 0 saturated carbocycles. The van der Waals surface area contributed by atoms with Crippen LogP contribution in [0.25, 0.3) is 0 Å². The summed E-state index contributed by atoms with van der Waals surface area (Å²) < 4.78 is 0. The molecule has 4 nitrogen and oxygen atoms in total. The lowest BCUT2D eigenvalue weighted by atomic mass is 9.82. The first-order chi connectivity index (χ1) is 7.55. The van der Waals surface area contributed by atoms with Crippen molar-refractivity contribution in [2.75, 3.05) is 0 Å². The molecule has 2 rings (SSSR count). The molecule has 4 heteroatoms. The van der Waals surface area contributed by atoms with Gasteiger partial charge in [-0.3, -0.25) is 0 Å². The van der Waals surface area contributed by atoms with Crippen LogP contribution in [0.5, 0.6) is 11.5 Å². The molecule has 0 bridgehead atoms. The van der Waals surface area contributed by atoms with Gasteiger partial charge in [0.25, 0.3) is 0 Å². The van der Waals surface area contributed by atoms with E-state index in [9.17, 15) is 10.2 Å². The fourth-order valence-corrected chi connectivity index (χ4v) is 1.97. The number of aromatic hydroxyl groups is 2. The monoisotopic (exact) mass is 212 g/mol. The SMILES string of the molecule is C=C1Cc2cc(O)c(O)cc2C1(C#N)C#N. The predicted molar refractivity (Wildman–Crippen MR) is 55.5 cm³/mol. The minimum Gasteiger partial charge on any atom is -0.504 e. The highest BCUT2D eigenvalue weighted by Gasteiger charge is 2.43. The van der Waals surface area contributed by atoms with E-state index in [1.54, 1.807) is 0 Å². The first kappa shape index (κ1) is 10.1. The number of rotatable bonds is 0. The van der Waals surface area contributed by atoms with Gasteiger partial charge in [-0.15, -0.1) is 0 Å². The average molecular weight is 212 g/mol. The van der Waals surface area contributed by atoms with Crippen molar-refractivity contribution in [3.8, 4) is 23.6 Å². The molecule has 2 N–H and O–H groups in total. The number of hydrogen-bond donors (Lipinski definition) is 2. The lowest BCUT2D eigenvalue weighted by Crippen LogP contribution is -2.19. The summed E-state index contributed by atoms with van der Waals surface area (Å²) in [5.74, 6) is -0.582. The van der Waals surface area contributed by atoms with Crippen molar-refractivity contribution in [1.82, 2.24) is 0 Å². The zero-order chi connectivity index (χ0) is 11.9. The first-order valence-electron chi connectivity index (χ1n) is 4.61. The lowest BCUT2D eigenvalue weighted by molar-refractivity contribution is 0.402. The van der Waals surface area contributed by atoms with Gasteiger partial charge in [0.1, 0.15) is 0 Å². The topological polar surface area (TPSA) is 88.0 Å². The van der Waals surface area contributed by atoms with E-state index < -0.39 is 5.41 Å². The van der Waals surface area contributed by atoms with Crippen LogP contribution in [-0.2, 0) is 11.8 Å². The second-order valence-corrected chi connectivity index (χ2v) is 3.75. The summed E-state index contributed by atoms with van der Waals surface area (Å²) in [6.45, 7) is 3.72. The van der Waals surface area contributed by atoms with Gasteiger partial charge >= 0.3 is 0 Å². The Morgan fingerprint density at radius 2 is 1.75 bits per heavy atom. The summed E-state index contributed by atoms with van der Waals surface area (Å²) in [6, 6.07) is 6.48. The maximum atomic E-state index is 9.39. The van der Waals surface area contributed by atoms with Crippen molar-refractivity contribution < 1.29 is 10.2 Å². The molecule has 0 aliphatic heterocycles. The number of nitriles is 2. The van der Waals surface area contributed by atoms with Gasteiger partial charge in [-0.1, -0.05) is 6.58 Å². The zero-order valence-corrected chi connectivity index (χ0v) is 8.36. The van der Waals surface area contributed by atoms with Crippen LogP contribution in [0.1, 0.15) is 11.1 Å². The normalized spacial score (nSPS) is 16.2. The van der Waals surface area contributed by atoms with E-state index in [0.717, 1.165) is 0 Å². The average Bonchev–Trinajstić information content (AvgIpc) is 2.52. The van der Waals surface area contributed by atoms with Crippen LogP contribution in [-0.4, -0.2) is 10.2 Å². The minimum atomic E-state index is -1.40. The molecule has 0 radical (unpaired) electrons. The Kier molecular flexibility index (Phi) is 1.90. The van der Waals surface area contributed by atoms with Gasteiger partial charge in [0, 0.05) is 0 Å². The maximum Gasteiger partial charge on any atom is 0.190 e. The molecule has 1 aromatic rings. The molecule has 78 valence electrons. The Morgan fingerprint density at radius 1 is 1.19 bits per heavy atom. The van der Waals surface area contributed by atoms with Crippen molar-refractivity contribution in [2.45, 2.75) is 11.8 Å². The zero-order valence-electron chi connectivity index (χ0n) is 8.36. The minimum absolute atomic E-state index is 0.252. The molecule has 0 heterocycles. The van der Waals surface area contributed by atoms with Crippen molar-refractivity contribution in [3.05, 3.63) is 35.4 Å². The number of hydrogen-bond acceptors (Lipinski definition) is 4. The molecular weight excluding hydrogens is 204 g/mol. The van der Waals surface area contributed by atoms with Crippen LogP contribution in [0.2, 0.25) is 0 Å². The van der Waals surface area contributed by atoms with Crippen molar-refractivity contribution in [2.24, 2.45) is 0 Å². The van der Waals surface area contributed by atoms with Gasteiger partial charge in [0.15, 0.2) is 16.9 Å². The predicted octanol–water partition coefficient (Wildman–Crippen LogP) is 1.50. The van der Waals surface area contributed by atoms with Crippen LogP contribution in [0.3, 0.4) is 0 Å². The Hall–Kier alpha value is -2.46. The van der Waals surface area contributed by atoms with Crippen LogP contribution in [0.4, 0.5) is 0 Å². The number of phenols is 2. The molecule has 1 aromatic carbocycles. The standard InChI is InChI=1S/C12H8N2O2/c1-7-2-8-3-10(15)11(16)4-9(8)12(7,5-13)6-14/h3-4,15-16H,1-2H2. The van der Waals surface area contributed by atoms with Crippen molar-refractivity contribution in [3.63, 3.8) is 0 Å². The van der Waals surface area contributed by atoms with Crippen LogP contribution in [0, 0.1) is 22.7 Å². The first-order valence-corrected chi connectivity index (χ1v) is 4.61. The fourth-order valence-electron chi connectivity index (χ4n) is 1.97. The lowest BCUT2D eigenvalue weighted by Gasteiger charge is -2.14. The van der Waals surface area contributed by atoms with E-state index in [1.165, 1.54) is 12.1 Å². The van der Waals surface area contributed by atoms with Gasteiger partial charge < -0.3 is 10.2 Å². The van der Waals surface area contributed by atoms with Gasteiger partial charge in [-0.05, 0) is 35.3 Å². The molecule has 0 aromatic heterocycles. The van der Waals surface area contributed by atoms with E-state index in [-0.39, 0.29) is 11.5 Å². The summed E-state index contributed by atoms with van der Waals surface area (Å²) in [4.78, 5) is 0. The third kappa shape index (κ3) is 1.01. The molecule has 0 fully saturated rings. The van der Waals surface area contributed by atoms with Crippen LogP contribution in [0.15, 0.2) is 24.3 Å². The second kappa shape index (κ2) is 3.01. The number of allylic oxidation sites excluding steroid dienone is 1. The van der Waals surface area contributed by atoms with E-state index in [0.29, 0.717) is 23.1 Å². The maximum absolute atomic E-state index is 9.39. The van der Waals surface area contributed by atoms with E-state index in [2.05, 4.69) is 6.58 Å². The Balaban J connectivity index is 2.77. The molecule has 0 spiro atoms. The molecule has 0 unspecified atom stereocenters. The van der Waals surface area contributed by atoms with Crippen molar-refractivity contribution >= 4 is 0 Å². The number of nitrogens with zero attached hydrogens (tertiary/aromatic N) is 2. The Morgan fingerprint density at radius 3 is 2.31 bits per heavy atom. The summed E-state index contributed by atoms with van der Waals surface area (Å²) in [6.07, 6.45) is 0.365. The third-order valence-corrected chi connectivity index (χ3v) is 2.87. The van der Waals surface area contributed by atoms with E-state index in [4.69, 9.17) is 10.5 Å². The number of phenolic OH excluding ortho intramolecular Hbond substituents is 2. The summed E-state index contributed by atoms with van der Waals surface area (Å²) in [5, 5.41) is 37.0. The van der Waals surface area contributed by atoms with Gasteiger partial charge in [-0.2, -0.15) is 10.5 Å². The van der Waals surface area contributed by atoms with Gasteiger partial charge in [-0.25, -0.2) is 0 Å². The van der Waals surface area contributed by atoms with Crippen LogP contribution >= 0.6 is 0 Å². The molecule has 16 heavy (non-hydrogen) atoms. The molecule has 1 aliphatic rings. The molecule has 0 amide bonds. The fraction of sp³-hybridized carbons (Fsp3) is 0.167. The Labute approximate surface area is 92.3 Å². The van der Waals surface area contributed by atoms with Crippen LogP contribution < -0.4 is 0 Å². The highest BCUT2D eigenvalue weighted by molar-refractivity contribution is 5.63. The third-order valence-electron chi connectivity index (χ3n) is 2.87. The highest BCUT2D eigenvalue weighted by Crippen LogP contribution is 2.45. The van der Waals surface area contributed by atoms with E-state index in [1.807, 2.05) is 12.1 Å². The summed E-state index contributed by atoms with van der Waals surface area (Å²) in [5.41, 5.74) is 0.138. The highest BCUT2D eigenvalue weighted by atomic mass is 16.3. The quantitative estimate of drug-likeness (QED) is 0.503. The van der Waals surface area contributed by atoms with E-state index >= 15 is 0 Å².